The number of ether oxygens (including phenoxy) is 1. The SMILES string of the molecule is CCOC(=O)c1n[nH]c2c1CN(S(=O)(=O)CC)CC2. The van der Waals surface area contributed by atoms with E-state index < -0.39 is 16.0 Å². The standard InChI is InChI=1S/C11H17N3O4S/c1-3-18-11(15)10-8-7-14(19(16,17)4-2)6-5-9(8)12-13-10/h3-7H2,1-2H3,(H,12,13). The lowest BCUT2D eigenvalue weighted by Crippen LogP contribution is -2.37. The van der Waals surface area contributed by atoms with Crippen molar-refractivity contribution in [2.75, 3.05) is 18.9 Å². The van der Waals surface area contributed by atoms with Gasteiger partial charge in [0.2, 0.25) is 10.0 Å². The molecule has 0 spiro atoms. The summed E-state index contributed by atoms with van der Waals surface area (Å²) < 4.78 is 30.0. The van der Waals surface area contributed by atoms with E-state index in [1.807, 2.05) is 0 Å². The first-order valence-corrected chi connectivity index (χ1v) is 7.81. The Bertz CT molecular complexity index is 579. The van der Waals surface area contributed by atoms with Gasteiger partial charge in [0, 0.05) is 30.8 Å². The maximum absolute atomic E-state index is 11.9. The van der Waals surface area contributed by atoms with Gasteiger partial charge in [-0.05, 0) is 13.8 Å². The molecule has 0 bridgehead atoms. The number of nitrogens with zero attached hydrogens (tertiary/aromatic N) is 2. The Morgan fingerprint density at radius 2 is 2.21 bits per heavy atom. The molecular weight excluding hydrogens is 270 g/mol. The molecule has 0 saturated heterocycles. The van der Waals surface area contributed by atoms with E-state index in [9.17, 15) is 13.2 Å². The quantitative estimate of drug-likeness (QED) is 0.804. The Morgan fingerprint density at radius 3 is 2.84 bits per heavy atom. The highest BCUT2D eigenvalue weighted by molar-refractivity contribution is 7.89. The van der Waals surface area contributed by atoms with Gasteiger partial charge in [0.05, 0.1) is 12.4 Å². The van der Waals surface area contributed by atoms with Crippen molar-refractivity contribution >= 4 is 16.0 Å². The van der Waals surface area contributed by atoms with Gasteiger partial charge in [-0.1, -0.05) is 0 Å². The average Bonchev–Trinajstić information content (AvgIpc) is 2.81. The number of sulfonamides is 1. The van der Waals surface area contributed by atoms with E-state index in [1.54, 1.807) is 13.8 Å². The minimum atomic E-state index is -3.26. The van der Waals surface area contributed by atoms with Crippen molar-refractivity contribution in [3.63, 3.8) is 0 Å². The first-order chi connectivity index (χ1) is 8.99. The maximum Gasteiger partial charge on any atom is 0.359 e. The van der Waals surface area contributed by atoms with Crippen LogP contribution in [-0.4, -0.2) is 47.8 Å². The number of esters is 1. The third-order valence-electron chi connectivity index (χ3n) is 3.13. The van der Waals surface area contributed by atoms with Crippen LogP contribution in [0.2, 0.25) is 0 Å². The van der Waals surface area contributed by atoms with Gasteiger partial charge in [-0.15, -0.1) is 0 Å². The molecule has 8 heteroatoms. The van der Waals surface area contributed by atoms with Crippen molar-refractivity contribution in [1.82, 2.24) is 14.5 Å². The summed E-state index contributed by atoms with van der Waals surface area (Å²) in [5.41, 5.74) is 1.63. The van der Waals surface area contributed by atoms with Gasteiger partial charge < -0.3 is 4.74 Å². The molecule has 7 nitrogen and oxygen atoms in total. The van der Waals surface area contributed by atoms with Crippen LogP contribution in [0.5, 0.6) is 0 Å². The molecule has 1 aliphatic rings. The molecule has 19 heavy (non-hydrogen) atoms. The Kier molecular flexibility index (Phi) is 3.91. The monoisotopic (exact) mass is 287 g/mol. The molecule has 0 fully saturated rings. The van der Waals surface area contributed by atoms with Crippen molar-refractivity contribution < 1.29 is 17.9 Å². The fourth-order valence-corrected chi connectivity index (χ4v) is 3.12. The van der Waals surface area contributed by atoms with E-state index in [-0.39, 0.29) is 24.6 Å². The Morgan fingerprint density at radius 1 is 1.47 bits per heavy atom. The molecule has 0 amide bonds. The van der Waals surface area contributed by atoms with Crippen LogP contribution in [0.3, 0.4) is 0 Å². The van der Waals surface area contributed by atoms with Crippen LogP contribution in [0.15, 0.2) is 0 Å². The summed E-state index contributed by atoms with van der Waals surface area (Å²) in [5.74, 6) is -0.467. The lowest BCUT2D eigenvalue weighted by atomic mass is 10.1. The second-order valence-corrected chi connectivity index (χ2v) is 6.49. The zero-order chi connectivity index (χ0) is 14.0. The summed E-state index contributed by atoms with van der Waals surface area (Å²) in [6.45, 7) is 4.17. The highest BCUT2D eigenvalue weighted by Gasteiger charge is 2.30. The third-order valence-corrected chi connectivity index (χ3v) is 4.95. The molecular formula is C11H17N3O4S. The smallest absolute Gasteiger partial charge is 0.359 e. The number of aromatic amines is 1. The summed E-state index contributed by atoms with van der Waals surface area (Å²) in [4.78, 5) is 11.7. The number of H-pyrrole nitrogens is 1. The fraction of sp³-hybridized carbons (Fsp3) is 0.636. The molecule has 1 N–H and O–H groups in total. The van der Waals surface area contributed by atoms with Crippen LogP contribution in [0.4, 0.5) is 0 Å². The van der Waals surface area contributed by atoms with E-state index >= 15 is 0 Å². The van der Waals surface area contributed by atoms with Crippen molar-refractivity contribution in [2.45, 2.75) is 26.8 Å². The van der Waals surface area contributed by atoms with Crippen molar-refractivity contribution in [1.29, 1.82) is 0 Å². The molecule has 2 rings (SSSR count). The van der Waals surface area contributed by atoms with Gasteiger partial charge in [0.15, 0.2) is 5.69 Å². The van der Waals surface area contributed by atoms with Crippen molar-refractivity contribution in [3.8, 4) is 0 Å². The highest BCUT2D eigenvalue weighted by atomic mass is 32.2. The van der Waals surface area contributed by atoms with Gasteiger partial charge in [0.1, 0.15) is 0 Å². The molecule has 0 unspecified atom stereocenters. The molecule has 106 valence electrons. The molecule has 1 aromatic rings. The summed E-state index contributed by atoms with van der Waals surface area (Å²) in [6.07, 6.45) is 0.529. The number of nitrogens with one attached hydrogen (secondary N) is 1. The summed E-state index contributed by atoms with van der Waals surface area (Å²) in [7, 11) is -3.26. The van der Waals surface area contributed by atoms with Crippen LogP contribution in [0.25, 0.3) is 0 Å². The summed E-state index contributed by atoms with van der Waals surface area (Å²) >= 11 is 0. The average molecular weight is 287 g/mol. The van der Waals surface area contributed by atoms with Crippen LogP contribution >= 0.6 is 0 Å². The third kappa shape index (κ3) is 2.64. The number of rotatable bonds is 4. The Balaban J connectivity index is 2.28. The summed E-state index contributed by atoms with van der Waals surface area (Å²) in [5, 5.41) is 6.72. The van der Waals surface area contributed by atoms with E-state index in [0.29, 0.717) is 18.5 Å². The van der Waals surface area contributed by atoms with E-state index in [0.717, 1.165) is 5.69 Å². The number of carbonyl (C=O) groups is 1. The first kappa shape index (κ1) is 14.0. The lowest BCUT2D eigenvalue weighted by Gasteiger charge is -2.25. The van der Waals surface area contributed by atoms with Gasteiger partial charge in [-0.25, -0.2) is 13.2 Å². The van der Waals surface area contributed by atoms with Gasteiger partial charge in [-0.2, -0.15) is 9.40 Å². The summed E-state index contributed by atoms with van der Waals surface area (Å²) in [6, 6.07) is 0. The van der Waals surface area contributed by atoms with Gasteiger partial charge in [0.25, 0.3) is 0 Å². The van der Waals surface area contributed by atoms with E-state index in [1.165, 1.54) is 4.31 Å². The molecule has 0 atom stereocenters. The molecule has 0 aliphatic carbocycles. The highest BCUT2D eigenvalue weighted by Crippen LogP contribution is 2.23. The second-order valence-electron chi connectivity index (χ2n) is 4.23. The lowest BCUT2D eigenvalue weighted by molar-refractivity contribution is 0.0517. The first-order valence-electron chi connectivity index (χ1n) is 6.20. The molecule has 1 aromatic heterocycles. The topological polar surface area (TPSA) is 92.4 Å². The molecule has 2 heterocycles. The molecule has 0 radical (unpaired) electrons. The van der Waals surface area contributed by atoms with E-state index in [2.05, 4.69) is 10.2 Å². The van der Waals surface area contributed by atoms with Crippen molar-refractivity contribution in [2.24, 2.45) is 0 Å². The largest absolute Gasteiger partial charge is 0.461 e. The predicted octanol–water partition coefficient (Wildman–Crippen LogP) is 0.294. The second kappa shape index (κ2) is 5.30. The zero-order valence-electron chi connectivity index (χ0n) is 11.0. The molecule has 0 aromatic carbocycles. The molecule has 1 aliphatic heterocycles. The van der Waals surface area contributed by atoms with Crippen LogP contribution in [-0.2, 0) is 27.7 Å². The van der Waals surface area contributed by atoms with Crippen molar-refractivity contribution in [3.05, 3.63) is 17.0 Å². The maximum atomic E-state index is 11.9. The number of hydrogen-bond donors (Lipinski definition) is 1. The minimum absolute atomic E-state index is 0.0505. The zero-order valence-corrected chi connectivity index (χ0v) is 11.8. The predicted molar refractivity (Wildman–Crippen MR) is 68.1 cm³/mol. The Hall–Kier alpha value is -1.41. The minimum Gasteiger partial charge on any atom is -0.461 e. The number of fused-ring (bicyclic) bond motifs is 1. The normalized spacial score (nSPS) is 16.1. The van der Waals surface area contributed by atoms with Crippen LogP contribution in [0.1, 0.15) is 35.6 Å². The van der Waals surface area contributed by atoms with Gasteiger partial charge >= 0.3 is 5.97 Å². The van der Waals surface area contributed by atoms with Crippen LogP contribution < -0.4 is 0 Å². The van der Waals surface area contributed by atoms with Crippen LogP contribution in [0, 0.1) is 0 Å². The van der Waals surface area contributed by atoms with E-state index in [4.69, 9.17) is 4.74 Å². The Labute approximate surface area is 112 Å². The number of aromatic nitrogens is 2. The molecule has 0 saturated carbocycles. The van der Waals surface area contributed by atoms with Gasteiger partial charge in [-0.3, -0.25) is 5.10 Å². The number of carbonyl (C=O) groups excluding carboxylic acids is 1. The number of hydrogen-bond acceptors (Lipinski definition) is 5. The fourth-order valence-electron chi connectivity index (χ4n) is 2.06.